The van der Waals surface area contributed by atoms with E-state index in [1.807, 2.05) is 67.5 Å². The molecule has 5 nitrogen and oxygen atoms in total. The van der Waals surface area contributed by atoms with E-state index in [0.29, 0.717) is 6.42 Å². The van der Waals surface area contributed by atoms with Crippen LogP contribution in [-0.4, -0.2) is 11.7 Å². The number of Topliss-reactive ketones (excluding diaryl/α,β-unsaturated/α-hetero) is 1. The highest BCUT2D eigenvalue weighted by Gasteiger charge is 2.46. The molecule has 0 bridgehead atoms. The van der Waals surface area contributed by atoms with Crippen molar-refractivity contribution in [2.24, 2.45) is 17.3 Å². The Hall–Kier alpha value is -2.95. The Morgan fingerprint density at radius 1 is 1.21 bits per heavy atom. The Kier molecular flexibility index (Phi) is 4.77. The molecule has 2 aromatic rings. The number of fused-ring (bicyclic) bond motifs is 2. The van der Waals surface area contributed by atoms with Crippen LogP contribution < -0.4 is 15.2 Å². The van der Waals surface area contributed by atoms with Gasteiger partial charge >= 0.3 is 0 Å². The van der Waals surface area contributed by atoms with Crippen molar-refractivity contribution in [3.63, 3.8) is 0 Å². The van der Waals surface area contributed by atoms with E-state index in [4.69, 9.17) is 0 Å². The molecule has 5 heteroatoms. The highest BCUT2D eigenvalue weighted by molar-refractivity contribution is 6.01. The third-order valence-corrected chi connectivity index (χ3v) is 5.70. The Morgan fingerprint density at radius 3 is 2.66 bits per heavy atom. The maximum atomic E-state index is 13.5. The molecular formula is C24H28N3O2+. The maximum absolute atomic E-state index is 13.5. The average Bonchev–Trinajstić information content (AvgIpc) is 2.81. The van der Waals surface area contributed by atoms with Gasteiger partial charge in [-0.25, -0.2) is 4.98 Å². The summed E-state index contributed by atoms with van der Waals surface area (Å²) in [5.74, 6) is -0.469. The summed E-state index contributed by atoms with van der Waals surface area (Å²) < 4.78 is 0. The molecule has 4 rings (SSSR count). The fraction of sp³-hybridized carbons (Fsp3) is 0.375. The van der Waals surface area contributed by atoms with Crippen LogP contribution in [0.1, 0.15) is 45.7 Å². The summed E-state index contributed by atoms with van der Waals surface area (Å²) in [7, 11) is 0. The first-order valence-corrected chi connectivity index (χ1v) is 10.2. The van der Waals surface area contributed by atoms with E-state index in [1.54, 1.807) is 0 Å². The van der Waals surface area contributed by atoms with Crippen molar-refractivity contribution in [2.45, 2.75) is 40.2 Å². The molecule has 0 saturated carbocycles. The van der Waals surface area contributed by atoms with Gasteiger partial charge in [-0.05, 0) is 23.6 Å². The first kappa shape index (κ1) is 19.4. The number of carbonyl (C=O) groups is 2. The SMILES string of the molecule is CC(C)C(=O)N1c2ccccc2NC2=CC(C)(C)CC(=O)C2C1c1ccc[nH+]c1. The minimum Gasteiger partial charge on any atom is -0.357 e. The summed E-state index contributed by atoms with van der Waals surface area (Å²) in [5, 5.41) is 3.51. The lowest BCUT2D eigenvalue weighted by Gasteiger charge is -2.39. The molecule has 1 aliphatic carbocycles. The summed E-state index contributed by atoms with van der Waals surface area (Å²) in [6.45, 7) is 7.96. The number of pyridine rings is 1. The van der Waals surface area contributed by atoms with E-state index in [9.17, 15) is 9.59 Å². The highest BCUT2D eigenvalue weighted by atomic mass is 16.2. The second kappa shape index (κ2) is 7.14. The van der Waals surface area contributed by atoms with Crippen molar-refractivity contribution in [2.75, 3.05) is 10.2 Å². The summed E-state index contributed by atoms with van der Waals surface area (Å²) in [6, 6.07) is 11.3. The molecule has 1 aliphatic heterocycles. The topological polar surface area (TPSA) is 63.6 Å². The molecule has 0 saturated heterocycles. The van der Waals surface area contributed by atoms with Gasteiger partial charge in [-0.1, -0.05) is 45.9 Å². The lowest BCUT2D eigenvalue weighted by molar-refractivity contribution is -0.378. The summed E-state index contributed by atoms with van der Waals surface area (Å²) in [5.41, 5.74) is 3.23. The molecule has 29 heavy (non-hydrogen) atoms. The van der Waals surface area contributed by atoms with Crippen LogP contribution in [0.4, 0.5) is 11.4 Å². The van der Waals surface area contributed by atoms with E-state index in [0.717, 1.165) is 22.6 Å². The predicted octanol–water partition coefficient (Wildman–Crippen LogP) is 4.16. The normalized spacial score (nSPS) is 22.9. The van der Waals surface area contributed by atoms with E-state index < -0.39 is 12.0 Å². The smallest absolute Gasteiger partial charge is 0.230 e. The number of nitrogens with one attached hydrogen (secondary N) is 2. The van der Waals surface area contributed by atoms with Crippen molar-refractivity contribution in [3.05, 3.63) is 66.1 Å². The molecule has 2 aliphatic rings. The fourth-order valence-corrected chi connectivity index (χ4v) is 4.46. The monoisotopic (exact) mass is 390 g/mol. The molecule has 0 spiro atoms. The summed E-state index contributed by atoms with van der Waals surface area (Å²) in [4.78, 5) is 31.9. The van der Waals surface area contributed by atoms with Crippen molar-refractivity contribution in [3.8, 4) is 0 Å². The minimum absolute atomic E-state index is 0.00647. The number of ketones is 1. The van der Waals surface area contributed by atoms with Crippen molar-refractivity contribution in [1.82, 2.24) is 0 Å². The van der Waals surface area contributed by atoms with Crippen LogP contribution in [0.15, 0.2) is 60.6 Å². The molecule has 2 atom stereocenters. The molecule has 0 radical (unpaired) electrons. The number of amides is 1. The molecule has 1 amide bonds. The average molecular weight is 391 g/mol. The second-order valence-corrected chi connectivity index (χ2v) is 9.00. The number of nitrogens with zero attached hydrogens (tertiary/aromatic N) is 1. The first-order chi connectivity index (χ1) is 13.8. The van der Waals surface area contributed by atoms with E-state index in [1.165, 1.54) is 0 Å². The summed E-state index contributed by atoms with van der Waals surface area (Å²) >= 11 is 0. The van der Waals surface area contributed by atoms with Crippen LogP contribution in [0.3, 0.4) is 0 Å². The van der Waals surface area contributed by atoms with Crippen LogP contribution >= 0.6 is 0 Å². The lowest BCUT2D eigenvalue weighted by atomic mass is 9.72. The number of hydrogen-bond acceptors (Lipinski definition) is 3. The van der Waals surface area contributed by atoms with Crippen LogP contribution in [0.5, 0.6) is 0 Å². The van der Waals surface area contributed by atoms with E-state index in [-0.39, 0.29) is 23.0 Å². The van der Waals surface area contributed by atoms with Gasteiger partial charge in [-0.2, -0.15) is 0 Å². The van der Waals surface area contributed by atoms with Gasteiger partial charge in [0.1, 0.15) is 5.78 Å². The Labute approximate surface area is 171 Å². The standard InChI is InChI=1S/C24H27N3O2/c1-15(2)23(29)27-19-10-6-5-9-17(19)26-18-12-24(3,4)13-20(28)21(18)22(27)16-8-7-11-25-14-16/h5-12,14-15,21-22,26H,13H2,1-4H3/p+1. The number of anilines is 2. The number of para-hydroxylation sites is 2. The van der Waals surface area contributed by atoms with Crippen LogP contribution in [0.25, 0.3) is 0 Å². The predicted molar refractivity (Wildman–Crippen MR) is 113 cm³/mol. The number of aromatic amines is 1. The molecule has 1 aromatic carbocycles. The molecule has 0 fully saturated rings. The third-order valence-electron chi connectivity index (χ3n) is 5.70. The maximum Gasteiger partial charge on any atom is 0.230 e. The van der Waals surface area contributed by atoms with Gasteiger partial charge in [0.2, 0.25) is 5.91 Å². The number of benzene rings is 1. The van der Waals surface area contributed by atoms with Crippen LogP contribution in [-0.2, 0) is 9.59 Å². The molecule has 150 valence electrons. The van der Waals surface area contributed by atoms with Gasteiger partial charge in [0.25, 0.3) is 0 Å². The van der Waals surface area contributed by atoms with E-state index in [2.05, 4.69) is 30.2 Å². The van der Waals surface area contributed by atoms with Gasteiger partial charge in [0, 0.05) is 29.7 Å². The quantitative estimate of drug-likeness (QED) is 0.838. The number of H-pyrrole nitrogens is 1. The number of hydrogen-bond donors (Lipinski definition) is 1. The van der Waals surface area contributed by atoms with Crippen molar-refractivity contribution >= 4 is 23.1 Å². The summed E-state index contributed by atoms with van der Waals surface area (Å²) in [6.07, 6.45) is 6.35. The van der Waals surface area contributed by atoms with Gasteiger partial charge < -0.3 is 10.2 Å². The Morgan fingerprint density at radius 2 is 1.97 bits per heavy atom. The van der Waals surface area contributed by atoms with Gasteiger partial charge in [-0.3, -0.25) is 9.59 Å². The zero-order valence-electron chi connectivity index (χ0n) is 17.4. The number of allylic oxidation sites excluding steroid dienone is 1. The molecule has 2 heterocycles. The fourth-order valence-electron chi connectivity index (χ4n) is 4.46. The van der Waals surface area contributed by atoms with Crippen molar-refractivity contribution < 1.29 is 14.6 Å². The minimum atomic E-state index is -0.436. The van der Waals surface area contributed by atoms with Crippen LogP contribution in [0, 0.1) is 17.3 Å². The lowest BCUT2D eigenvalue weighted by Crippen LogP contribution is -2.45. The van der Waals surface area contributed by atoms with Gasteiger partial charge in [-0.15, -0.1) is 0 Å². The van der Waals surface area contributed by atoms with Gasteiger partial charge in [0.15, 0.2) is 12.4 Å². The molecule has 2 unspecified atom stereocenters. The Balaban J connectivity index is 2.01. The highest BCUT2D eigenvalue weighted by Crippen LogP contribution is 2.48. The first-order valence-electron chi connectivity index (χ1n) is 10.2. The van der Waals surface area contributed by atoms with E-state index >= 15 is 0 Å². The molecule has 1 aromatic heterocycles. The molecule has 2 N–H and O–H groups in total. The zero-order valence-corrected chi connectivity index (χ0v) is 17.4. The number of aromatic nitrogens is 1. The number of rotatable bonds is 2. The zero-order chi connectivity index (χ0) is 20.8. The second-order valence-electron chi connectivity index (χ2n) is 9.00. The Bertz CT molecular complexity index is 979. The molecular weight excluding hydrogens is 362 g/mol. The van der Waals surface area contributed by atoms with Gasteiger partial charge in [0.05, 0.1) is 23.3 Å². The van der Waals surface area contributed by atoms with Crippen LogP contribution in [0.2, 0.25) is 0 Å². The largest absolute Gasteiger partial charge is 0.357 e. The number of carbonyl (C=O) groups excluding carboxylic acids is 2. The van der Waals surface area contributed by atoms with Crippen molar-refractivity contribution in [1.29, 1.82) is 0 Å². The third kappa shape index (κ3) is 3.46.